The van der Waals surface area contributed by atoms with E-state index in [1.165, 1.54) is 6.07 Å². The quantitative estimate of drug-likeness (QED) is 0.885. The third-order valence-corrected chi connectivity index (χ3v) is 3.10. The van der Waals surface area contributed by atoms with E-state index in [1.54, 1.807) is 30.3 Å². The Kier molecular flexibility index (Phi) is 5.32. The van der Waals surface area contributed by atoms with Gasteiger partial charge < -0.3 is 10.1 Å². The Morgan fingerprint density at radius 3 is 2.48 bits per heavy atom. The van der Waals surface area contributed by atoms with Gasteiger partial charge >= 0.3 is 0 Å². The van der Waals surface area contributed by atoms with Gasteiger partial charge in [-0.05, 0) is 24.6 Å². The van der Waals surface area contributed by atoms with E-state index in [1.807, 2.05) is 25.1 Å². The normalized spacial score (nSPS) is 11.7. The molecule has 3 nitrogen and oxygen atoms in total. The molecule has 0 saturated heterocycles. The van der Waals surface area contributed by atoms with Crippen LogP contribution in [0.15, 0.2) is 54.6 Å². The van der Waals surface area contributed by atoms with Crippen LogP contribution in [-0.4, -0.2) is 12.0 Å². The molecule has 0 aliphatic carbocycles. The number of para-hydroxylation sites is 1. The lowest BCUT2D eigenvalue weighted by atomic mass is 10.2. The summed E-state index contributed by atoms with van der Waals surface area (Å²) in [7, 11) is 0. The first-order valence-corrected chi connectivity index (χ1v) is 6.93. The second-order valence-electron chi connectivity index (χ2n) is 4.64. The zero-order chi connectivity index (χ0) is 15.1. The third-order valence-electron chi connectivity index (χ3n) is 3.10. The maximum Gasteiger partial charge on any atom is 0.261 e. The van der Waals surface area contributed by atoms with Crippen LogP contribution in [-0.2, 0) is 11.3 Å². The summed E-state index contributed by atoms with van der Waals surface area (Å²) in [5, 5.41) is 2.71. The monoisotopic (exact) mass is 287 g/mol. The van der Waals surface area contributed by atoms with Gasteiger partial charge in [0.05, 0.1) is 0 Å². The number of nitrogens with one attached hydrogen (secondary N) is 1. The molecule has 0 aromatic heterocycles. The van der Waals surface area contributed by atoms with Gasteiger partial charge in [0.15, 0.2) is 6.10 Å². The number of amides is 1. The fourth-order valence-electron chi connectivity index (χ4n) is 1.92. The first-order chi connectivity index (χ1) is 10.2. The van der Waals surface area contributed by atoms with Crippen molar-refractivity contribution in [2.45, 2.75) is 26.0 Å². The maximum atomic E-state index is 13.5. The Hall–Kier alpha value is -2.36. The lowest BCUT2D eigenvalue weighted by Gasteiger charge is -2.17. The highest BCUT2D eigenvalue weighted by Crippen LogP contribution is 2.13. The van der Waals surface area contributed by atoms with Crippen LogP contribution in [0.1, 0.15) is 18.9 Å². The first kappa shape index (κ1) is 15.0. The van der Waals surface area contributed by atoms with Crippen LogP contribution >= 0.6 is 0 Å². The summed E-state index contributed by atoms with van der Waals surface area (Å²) in [4.78, 5) is 12.1. The summed E-state index contributed by atoms with van der Waals surface area (Å²) in [5.41, 5.74) is 0.459. The van der Waals surface area contributed by atoms with Crippen LogP contribution in [0, 0.1) is 5.82 Å². The van der Waals surface area contributed by atoms with Crippen LogP contribution in [0.2, 0.25) is 0 Å². The Bertz CT molecular complexity index is 586. The summed E-state index contributed by atoms with van der Waals surface area (Å²) in [6.45, 7) is 2.02. The molecule has 1 N–H and O–H groups in total. The fraction of sp³-hybridized carbons (Fsp3) is 0.235. The van der Waals surface area contributed by atoms with Crippen molar-refractivity contribution in [1.29, 1.82) is 0 Å². The lowest BCUT2D eigenvalue weighted by molar-refractivity contribution is -0.128. The van der Waals surface area contributed by atoms with E-state index >= 15 is 0 Å². The molecule has 4 heteroatoms. The molecule has 2 rings (SSSR count). The molecule has 21 heavy (non-hydrogen) atoms. The van der Waals surface area contributed by atoms with Gasteiger partial charge in [0.1, 0.15) is 11.6 Å². The number of benzene rings is 2. The average Bonchev–Trinajstić information content (AvgIpc) is 2.52. The van der Waals surface area contributed by atoms with Crippen LogP contribution in [0.4, 0.5) is 4.39 Å². The van der Waals surface area contributed by atoms with E-state index in [0.717, 1.165) is 0 Å². The van der Waals surface area contributed by atoms with Crippen molar-refractivity contribution < 1.29 is 13.9 Å². The van der Waals surface area contributed by atoms with Crippen molar-refractivity contribution in [2.75, 3.05) is 0 Å². The van der Waals surface area contributed by atoms with Crippen molar-refractivity contribution in [2.24, 2.45) is 0 Å². The molecule has 0 unspecified atom stereocenters. The molecule has 0 bridgehead atoms. The number of rotatable bonds is 6. The SMILES string of the molecule is CC[C@H](Oc1ccccc1)C(=O)NCc1ccccc1F. The summed E-state index contributed by atoms with van der Waals surface area (Å²) in [6.07, 6.45) is -0.0444. The minimum atomic E-state index is -0.584. The molecule has 0 saturated carbocycles. The molecule has 0 heterocycles. The Morgan fingerprint density at radius 2 is 1.81 bits per heavy atom. The molecular weight excluding hydrogens is 269 g/mol. The molecule has 0 aliphatic heterocycles. The smallest absolute Gasteiger partial charge is 0.261 e. The molecule has 0 aliphatic rings. The third kappa shape index (κ3) is 4.31. The molecule has 1 amide bonds. The molecule has 1 atom stereocenters. The van der Waals surface area contributed by atoms with Crippen LogP contribution < -0.4 is 10.1 Å². The number of carbonyl (C=O) groups is 1. The van der Waals surface area contributed by atoms with Crippen LogP contribution in [0.3, 0.4) is 0 Å². The number of ether oxygens (including phenoxy) is 1. The predicted octanol–water partition coefficient (Wildman–Crippen LogP) is 3.30. The lowest BCUT2D eigenvalue weighted by Crippen LogP contribution is -2.37. The molecule has 110 valence electrons. The van der Waals surface area contributed by atoms with Crippen LogP contribution in [0.25, 0.3) is 0 Å². The maximum absolute atomic E-state index is 13.5. The average molecular weight is 287 g/mol. The fourth-order valence-corrected chi connectivity index (χ4v) is 1.92. The van der Waals surface area contributed by atoms with Crippen molar-refractivity contribution in [3.8, 4) is 5.75 Å². The van der Waals surface area contributed by atoms with Gasteiger partial charge in [0.25, 0.3) is 5.91 Å². The molecule has 0 spiro atoms. The zero-order valence-corrected chi connectivity index (χ0v) is 11.9. The topological polar surface area (TPSA) is 38.3 Å². The van der Waals surface area contributed by atoms with Gasteiger partial charge in [-0.1, -0.05) is 43.3 Å². The number of hydrogen-bond acceptors (Lipinski definition) is 2. The minimum absolute atomic E-state index is 0.153. The Balaban J connectivity index is 1.93. The van der Waals surface area contributed by atoms with E-state index < -0.39 is 6.10 Å². The van der Waals surface area contributed by atoms with Gasteiger partial charge in [-0.3, -0.25) is 4.79 Å². The van der Waals surface area contributed by atoms with Crippen molar-refractivity contribution in [3.05, 3.63) is 66.0 Å². The first-order valence-electron chi connectivity index (χ1n) is 6.93. The summed E-state index contributed by atoms with van der Waals surface area (Å²) < 4.78 is 19.1. The zero-order valence-electron chi connectivity index (χ0n) is 11.9. The second kappa shape index (κ2) is 7.43. The molecule has 2 aromatic rings. The van der Waals surface area contributed by atoms with Gasteiger partial charge in [0.2, 0.25) is 0 Å². The number of carbonyl (C=O) groups excluding carboxylic acids is 1. The highest BCUT2D eigenvalue weighted by molar-refractivity contribution is 5.81. The highest BCUT2D eigenvalue weighted by Gasteiger charge is 2.18. The van der Waals surface area contributed by atoms with E-state index in [0.29, 0.717) is 17.7 Å². The van der Waals surface area contributed by atoms with E-state index in [4.69, 9.17) is 4.74 Å². The molecule has 0 radical (unpaired) electrons. The summed E-state index contributed by atoms with van der Waals surface area (Å²) in [6, 6.07) is 15.6. The minimum Gasteiger partial charge on any atom is -0.481 e. The Morgan fingerprint density at radius 1 is 1.14 bits per heavy atom. The summed E-state index contributed by atoms with van der Waals surface area (Å²) >= 11 is 0. The van der Waals surface area contributed by atoms with Gasteiger partial charge in [-0.2, -0.15) is 0 Å². The standard InChI is InChI=1S/C17H18FNO2/c1-2-16(21-14-9-4-3-5-10-14)17(20)19-12-13-8-6-7-11-15(13)18/h3-11,16H,2,12H2,1H3,(H,19,20)/t16-/m0/s1. The molecule has 0 fully saturated rings. The van der Waals surface area contributed by atoms with Crippen molar-refractivity contribution in [1.82, 2.24) is 5.32 Å². The Labute approximate surface area is 123 Å². The van der Waals surface area contributed by atoms with Crippen LogP contribution in [0.5, 0.6) is 5.75 Å². The van der Waals surface area contributed by atoms with Gasteiger partial charge in [0, 0.05) is 12.1 Å². The molecule has 2 aromatic carbocycles. The van der Waals surface area contributed by atoms with Crippen molar-refractivity contribution >= 4 is 5.91 Å². The van der Waals surface area contributed by atoms with Gasteiger partial charge in [-0.15, -0.1) is 0 Å². The van der Waals surface area contributed by atoms with Crippen molar-refractivity contribution in [3.63, 3.8) is 0 Å². The largest absolute Gasteiger partial charge is 0.481 e. The van der Waals surface area contributed by atoms with E-state index in [-0.39, 0.29) is 18.3 Å². The van der Waals surface area contributed by atoms with Gasteiger partial charge in [-0.25, -0.2) is 4.39 Å². The summed E-state index contributed by atoms with van der Waals surface area (Å²) in [5.74, 6) is 0.0739. The predicted molar refractivity (Wildman–Crippen MR) is 79.4 cm³/mol. The number of hydrogen-bond donors (Lipinski definition) is 1. The van der Waals surface area contributed by atoms with E-state index in [2.05, 4.69) is 5.32 Å². The highest BCUT2D eigenvalue weighted by atomic mass is 19.1. The second-order valence-corrected chi connectivity index (χ2v) is 4.64. The van der Waals surface area contributed by atoms with E-state index in [9.17, 15) is 9.18 Å². The molecular formula is C17H18FNO2. The number of halogens is 1.